The first-order valence-electron chi connectivity index (χ1n) is 6.77. The van der Waals surface area contributed by atoms with Gasteiger partial charge in [-0.15, -0.1) is 0 Å². The number of carboxylic acid groups (broad SMARTS) is 1. The molecule has 1 amide bonds. The molecule has 1 aromatic rings. The van der Waals surface area contributed by atoms with Crippen LogP contribution in [0, 0.1) is 0 Å². The van der Waals surface area contributed by atoms with Crippen LogP contribution < -0.4 is 10.1 Å². The minimum absolute atomic E-state index is 0.310. The zero-order chi connectivity index (χ0) is 16.5. The van der Waals surface area contributed by atoms with Crippen LogP contribution in [0.1, 0.15) is 17.3 Å². The third-order valence-corrected chi connectivity index (χ3v) is 3.05. The second-order valence-electron chi connectivity index (χ2n) is 4.60. The molecular formula is C15H21NO6. The number of rotatable bonds is 9. The third-order valence-electron chi connectivity index (χ3n) is 3.05. The Labute approximate surface area is 129 Å². The van der Waals surface area contributed by atoms with E-state index in [0.29, 0.717) is 24.5 Å². The lowest BCUT2D eigenvalue weighted by atomic mass is 10.1. The van der Waals surface area contributed by atoms with Gasteiger partial charge in [0.1, 0.15) is 12.4 Å². The lowest BCUT2D eigenvalue weighted by Gasteiger charge is -2.20. The molecule has 1 aromatic carbocycles. The molecule has 0 unspecified atom stereocenters. The molecule has 2 N–H and O–H groups in total. The predicted octanol–water partition coefficient (Wildman–Crippen LogP) is 0.930. The molecule has 0 aliphatic carbocycles. The van der Waals surface area contributed by atoms with Gasteiger partial charge in [-0.1, -0.05) is 6.07 Å². The van der Waals surface area contributed by atoms with Gasteiger partial charge in [-0.3, -0.25) is 4.79 Å². The number of aliphatic carboxylic acids is 1. The fraction of sp³-hybridized carbons (Fsp3) is 0.467. The summed E-state index contributed by atoms with van der Waals surface area (Å²) in [5.41, 5.74) is 0.310. The molecule has 0 aromatic heterocycles. The topological polar surface area (TPSA) is 94.1 Å². The Kier molecular flexibility index (Phi) is 7.34. The van der Waals surface area contributed by atoms with Crippen molar-refractivity contribution in [1.82, 2.24) is 5.32 Å². The third kappa shape index (κ3) is 5.34. The van der Waals surface area contributed by atoms with Crippen molar-refractivity contribution >= 4 is 11.9 Å². The number of carboxylic acids is 1. The molecule has 22 heavy (non-hydrogen) atoms. The van der Waals surface area contributed by atoms with Crippen LogP contribution in [0.25, 0.3) is 0 Å². The summed E-state index contributed by atoms with van der Waals surface area (Å²) in [6, 6.07) is 5.36. The predicted molar refractivity (Wildman–Crippen MR) is 79.2 cm³/mol. The Hall–Kier alpha value is -2.12. The monoisotopic (exact) mass is 311 g/mol. The van der Waals surface area contributed by atoms with Crippen molar-refractivity contribution in [2.75, 3.05) is 27.4 Å². The maximum Gasteiger partial charge on any atom is 0.328 e. The first-order chi connectivity index (χ1) is 10.5. The summed E-state index contributed by atoms with van der Waals surface area (Å²) in [5, 5.41) is 11.6. The van der Waals surface area contributed by atoms with Crippen molar-refractivity contribution in [3.8, 4) is 5.75 Å². The number of hydrogen-bond acceptors (Lipinski definition) is 5. The molecule has 0 aliphatic rings. The molecule has 2 atom stereocenters. The molecule has 0 spiro atoms. The summed E-state index contributed by atoms with van der Waals surface area (Å²) in [7, 11) is 2.95. The quantitative estimate of drug-likeness (QED) is 0.659. The molecule has 7 heteroatoms. The molecule has 0 aliphatic heterocycles. The van der Waals surface area contributed by atoms with Gasteiger partial charge in [0, 0.05) is 19.8 Å². The van der Waals surface area contributed by atoms with Crippen LogP contribution in [0.4, 0.5) is 0 Å². The van der Waals surface area contributed by atoms with Gasteiger partial charge in [0.15, 0.2) is 6.04 Å². The highest BCUT2D eigenvalue weighted by Gasteiger charge is 2.26. The Bertz CT molecular complexity index is 505. The molecule has 0 saturated heterocycles. The normalized spacial score (nSPS) is 13.2. The van der Waals surface area contributed by atoms with E-state index >= 15 is 0 Å². The van der Waals surface area contributed by atoms with Crippen LogP contribution in [-0.2, 0) is 14.3 Å². The molecule has 1 rings (SSSR count). The Morgan fingerprint density at radius 3 is 2.59 bits per heavy atom. The van der Waals surface area contributed by atoms with Gasteiger partial charge in [-0.05, 0) is 25.1 Å². The first kappa shape index (κ1) is 17.9. The number of hydrogen-bond donors (Lipinski definition) is 2. The van der Waals surface area contributed by atoms with Crippen molar-refractivity contribution in [3.05, 3.63) is 29.8 Å². The number of ether oxygens (including phenoxy) is 3. The van der Waals surface area contributed by atoms with E-state index in [1.165, 1.54) is 7.11 Å². The fourth-order valence-electron chi connectivity index (χ4n) is 1.71. The van der Waals surface area contributed by atoms with Crippen LogP contribution in [0.2, 0.25) is 0 Å². The summed E-state index contributed by atoms with van der Waals surface area (Å²) in [4.78, 5) is 23.3. The van der Waals surface area contributed by atoms with E-state index in [9.17, 15) is 9.59 Å². The van der Waals surface area contributed by atoms with Gasteiger partial charge in [-0.2, -0.15) is 0 Å². The van der Waals surface area contributed by atoms with Gasteiger partial charge < -0.3 is 24.6 Å². The molecule has 7 nitrogen and oxygen atoms in total. The number of nitrogens with one attached hydrogen (secondary N) is 1. The van der Waals surface area contributed by atoms with Crippen molar-refractivity contribution in [1.29, 1.82) is 0 Å². The van der Waals surface area contributed by atoms with Crippen LogP contribution in [-0.4, -0.2) is 56.6 Å². The zero-order valence-corrected chi connectivity index (χ0v) is 12.9. The number of carbonyl (C=O) groups is 2. The van der Waals surface area contributed by atoms with Crippen LogP contribution in [0.15, 0.2) is 24.3 Å². The smallest absolute Gasteiger partial charge is 0.328 e. The van der Waals surface area contributed by atoms with E-state index in [1.54, 1.807) is 38.3 Å². The lowest BCUT2D eigenvalue weighted by molar-refractivity contribution is -0.142. The second-order valence-corrected chi connectivity index (χ2v) is 4.60. The average molecular weight is 311 g/mol. The number of carbonyl (C=O) groups excluding carboxylic acids is 1. The van der Waals surface area contributed by atoms with Gasteiger partial charge in [0.25, 0.3) is 5.91 Å². The summed E-state index contributed by atoms with van der Waals surface area (Å²) in [5.74, 6) is -1.15. The fourth-order valence-corrected chi connectivity index (χ4v) is 1.71. The molecule has 0 saturated carbocycles. The van der Waals surface area contributed by atoms with E-state index in [-0.39, 0.29) is 0 Å². The van der Waals surface area contributed by atoms with Crippen LogP contribution in [0.3, 0.4) is 0 Å². The standard InChI is InChI=1S/C15H21NO6/c1-10(21-3)13(15(18)19)16-14(17)11-5-4-6-12(9-11)22-8-7-20-2/h4-6,9-10,13H,7-8H2,1-3H3,(H,16,17)(H,18,19)/t10-,13+/m1/s1. The van der Waals surface area contributed by atoms with Crippen molar-refractivity contribution in [2.24, 2.45) is 0 Å². The lowest BCUT2D eigenvalue weighted by Crippen LogP contribution is -2.48. The highest BCUT2D eigenvalue weighted by Crippen LogP contribution is 2.13. The Balaban J connectivity index is 2.75. The van der Waals surface area contributed by atoms with Crippen molar-refractivity contribution in [3.63, 3.8) is 0 Å². The van der Waals surface area contributed by atoms with E-state index in [2.05, 4.69) is 5.32 Å². The summed E-state index contributed by atoms with van der Waals surface area (Å²) < 4.78 is 15.3. The van der Waals surface area contributed by atoms with Gasteiger partial charge in [0.2, 0.25) is 0 Å². The zero-order valence-electron chi connectivity index (χ0n) is 12.9. The summed E-state index contributed by atoms with van der Waals surface area (Å²) in [6.45, 7) is 2.37. The minimum Gasteiger partial charge on any atom is -0.491 e. The van der Waals surface area contributed by atoms with Gasteiger partial charge in [0.05, 0.1) is 12.7 Å². The summed E-state index contributed by atoms with van der Waals surface area (Å²) in [6.07, 6.45) is -0.650. The van der Waals surface area contributed by atoms with E-state index in [0.717, 1.165) is 0 Å². The number of amides is 1. The largest absolute Gasteiger partial charge is 0.491 e. The average Bonchev–Trinajstić information content (AvgIpc) is 2.52. The van der Waals surface area contributed by atoms with Gasteiger partial charge >= 0.3 is 5.97 Å². The number of methoxy groups -OCH3 is 2. The van der Waals surface area contributed by atoms with E-state index in [1.807, 2.05) is 0 Å². The highest BCUT2D eigenvalue weighted by molar-refractivity contribution is 5.97. The first-order valence-corrected chi connectivity index (χ1v) is 6.77. The molecule has 0 heterocycles. The molecular weight excluding hydrogens is 290 g/mol. The Morgan fingerprint density at radius 1 is 1.27 bits per heavy atom. The van der Waals surface area contributed by atoms with Crippen molar-refractivity contribution < 1.29 is 28.9 Å². The Morgan fingerprint density at radius 2 is 2.00 bits per heavy atom. The van der Waals surface area contributed by atoms with Crippen LogP contribution >= 0.6 is 0 Å². The maximum atomic E-state index is 12.2. The minimum atomic E-state index is -1.16. The molecule has 0 fully saturated rings. The molecule has 0 radical (unpaired) electrons. The van der Waals surface area contributed by atoms with Crippen LogP contribution in [0.5, 0.6) is 5.75 Å². The molecule has 122 valence electrons. The molecule has 0 bridgehead atoms. The van der Waals surface area contributed by atoms with E-state index in [4.69, 9.17) is 19.3 Å². The van der Waals surface area contributed by atoms with Gasteiger partial charge in [-0.25, -0.2) is 4.79 Å². The summed E-state index contributed by atoms with van der Waals surface area (Å²) >= 11 is 0. The SMILES string of the molecule is COCCOc1cccc(C(=O)N[C@H](C(=O)O)[C@@H](C)OC)c1. The maximum absolute atomic E-state index is 12.2. The van der Waals surface area contributed by atoms with E-state index < -0.39 is 24.0 Å². The number of benzene rings is 1. The second kappa shape index (κ2) is 9.01. The highest BCUT2D eigenvalue weighted by atomic mass is 16.5. The van der Waals surface area contributed by atoms with Crippen molar-refractivity contribution in [2.45, 2.75) is 19.1 Å².